The highest BCUT2D eigenvalue weighted by Crippen LogP contribution is 2.25. The highest BCUT2D eigenvalue weighted by Gasteiger charge is 2.34. The average Bonchev–Trinajstić information content (AvgIpc) is 3.58. The van der Waals surface area contributed by atoms with Gasteiger partial charge in [-0.3, -0.25) is 9.59 Å². The third kappa shape index (κ3) is 5.44. The highest BCUT2D eigenvalue weighted by molar-refractivity contribution is 5.89. The number of amides is 2. The SMILES string of the molecule is O=C(NCc1ccccc1)[C@H](c1ccccc1)N(C[C@H]1CCCO1)C(=O)Cn1nnc2ccccc21. The molecule has 8 heteroatoms. The number of fused-ring (bicyclic) bond motifs is 1. The van der Waals surface area contributed by atoms with Crippen molar-refractivity contribution in [2.24, 2.45) is 0 Å². The fraction of sp³-hybridized carbons (Fsp3) is 0.286. The number of rotatable bonds is 9. The van der Waals surface area contributed by atoms with Crippen LogP contribution >= 0.6 is 0 Å². The van der Waals surface area contributed by atoms with Gasteiger partial charge in [0.25, 0.3) is 0 Å². The first kappa shape index (κ1) is 23.7. The van der Waals surface area contributed by atoms with E-state index in [1.54, 1.807) is 9.58 Å². The number of carbonyl (C=O) groups excluding carboxylic acids is 2. The molecule has 2 heterocycles. The molecule has 1 aliphatic heterocycles. The Balaban J connectivity index is 1.45. The molecule has 5 rings (SSSR count). The van der Waals surface area contributed by atoms with E-state index in [1.165, 1.54) is 0 Å². The van der Waals surface area contributed by atoms with Gasteiger partial charge in [0.15, 0.2) is 0 Å². The minimum atomic E-state index is -0.804. The van der Waals surface area contributed by atoms with E-state index in [9.17, 15) is 9.59 Å². The van der Waals surface area contributed by atoms with Crippen LogP contribution in [-0.2, 0) is 27.4 Å². The van der Waals surface area contributed by atoms with E-state index < -0.39 is 6.04 Å². The largest absolute Gasteiger partial charge is 0.376 e. The van der Waals surface area contributed by atoms with Crippen LogP contribution in [0.3, 0.4) is 0 Å². The number of ether oxygens (including phenoxy) is 1. The Labute approximate surface area is 209 Å². The quantitative estimate of drug-likeness (QED) is 0.394. The van der Waals surface area contributed by atoms with Gasteiger partial charge in [0.05, 0.1) is 11.6 Å². The minimum absolute atomic E-state index is 0.0253. The second-order valence-electron chi connectivity index (χ2n) is 8.93. The van der Waals surface area contributed by atoms with Crippen molar-refractivity contribution in [3.8, 4) is 0 Å². The summed E-state index contributed by atoms with van der Waals surface area (Å²) in [6.45, 7) is 1.33. The first-order valence-corrected chi connectivity index (χ1v) is 12.2. The van der Waals surface area contributed by atoms with Gasteiger partial charge < -0.3 is 15.0 Å². The van der Waals surface area contributed by atoms with Crippen LogP contribution in [0.1, 0.15) is 30.0 Å². The molecule has 0 bridgehead atoms. The Morgan fingerprint density at radius 3 is 2.47 bits per heavy atom. The summed E-state index contributed by atoms with van der Waals surface area (Å²) in [5.41, 5.74) is 3.23. The van der Waals surface area contributed by atoms with Crippen LogP contribution in [0.5, 0.6) is 0 Å². The monoisotopic (exact) mass is 483 g/mol. The van der Waals surface area contributed by atoms with E-state index >= 15 is 0 Å². The molecule has 0 aliphatic carbocycles. The number of hydrogen-bond acceptors (Lipinski definition) is 5. The topological polar surface area (TPSA) is 89.4 Å². The summed E-state index contributed by atoms with van der Waals surface area (Å²) in [7, 11) is 0. The summed E-state index contributed by atoms with van der Waals surface area (Å²) in [5.74, 6) is -0.454. The standard InChI is InChI=1S/C28H29N5O3/c34-26(20-33-25-16-8-7-15-24(25)30-31-33)32(19-23-14-9-17-36-23)27(22-12-5-2-6-13-22)28(35)29-18-21-10-3-1-4-11-21/h1-8,10-13,15-16,23,27H,9,14,17-20H2,(H,29,35)/t23-,27+/m1/s1. The van der Waals surface area contributed by atoms with Crippen LogP contribution in [0.15, 0.2) is 84.9 Å². The normalized spacial score (nSPS) is 16.1. The van der Waals surface area contributed by atoms with Crippen LogP contribution in [0.25, 0.3) is 11.0 Å². The number of hydrogen-bond donors (Lipinski definition) is 1. The summed E-state index contributed by atoms with van der Waals surface area (Å²) in [5, 5.41) is 11.4. The second-order valence-corrected chi connectivity index (χ2v) is 8.93. The minimum Gasteiger partial charge on any atom is -0.376 e. The number of para-hydroxylation sites is 1. The zero-order valence-corrected chi connectivity index (χ0v) is 20.0. The number of aromatic nitrogens is 3. The van der Waals surface area contributed by atoms with Crippen molar-refractivity contribution in [3.05, 3.63) is 96.1 Å². The van der Waals surface area contributed by atoms with Gasteiger partial charge in [-0.1, -0.05) is 78.0 Å². The molecule has 0 unspecified atom stereocenters. The highest BCUT2D eigenvalue weighted by atomic mass is 16.5. The Hall–Kier alpha value is -4.04. The van der Waals surface area contributed by atoms with Gasteiger partial charge in [0.2, 0.25) is 11.8 Å². The van der Waals surface area contributed by atoms with Crippen LogP contribution in [0, 0.1) is 0 Å². The van der Waals surface area contributed by atoms with E-state index in [0.29, 0.717) is 19.7 Å². The zero-order chi connectivity index (χ0) is 24.7. The van der Waals surface area contributed by atoms with Crippen LogP contribution in [0.4, 0.5) is 0 Å². The third-order valence-corrected chi connectivity index (χ3v) is 6.43. The maximum absolute atomic E-state index is 13.8. The molecule has 0 spiro atoms. The summed E-state index contributed by atoms with van der Waals surface area (Å²) >= 11 is 0. The molecular weight excluding hydrogens is 454 g/mol. The molecule has 1 aromatic heterocycles. The lowest BCUT2D eigenvalue weighted by molar-refractivity contribution is -0.143. The number of carbonyl (C=O) groups is 2. The predicted octanol–water partition coefficient (Wildman–Crippen LogP) is 3.50. The smallest absolute Gasteiger partial charge is 0.247 e. The summed E-state index contributed by atoms with van der Waals surface area (Å²) < 4.78 is 7.46. The van der Waals surface area contributed by atoms with Gasteiger partial charge in [0, 0.05) is 19.7 Å². The van der Waals surface area contributed by atoms with E-state index in [0.717, 1.165) is 35.0 Å². The first-order valence-electron chi connectivity index (χ1n) is 12.2. The molecule has 2 amide bonds. The van der Waals surface area contributed by atoms with Gasteiger partial charge in [-0.25, -0.2) is 4.68 Å². The van der Waals surface area contributed by atoms with Crippen molar-refractivity contribution in [3.63, 3.8) is 0 Å². The Kier molecular flexibility index (Phi) is 7.33. The molecule has 0 radical (unpaired) electrons. The average molecular weight is 484 g/mol. The number of nitrogens with zero attached hydrogens (tertiary/aromatic N) is 4. The molecule has 1 N–H and O–H groups in total. The summed E-state index contributed by atoms with van der Waals surface area (Å²) in [4.78, 5) is 29.1. The Morgan fingerprint density at radius 2 is 1.72 bits per heavy atom. The van der Waals surface area contributed by atoms with Crippen molar-refractivity contribution in [1.29, 1.82) is 0 Å². The van der Waals surface area contributed by atoms with E-state index in [2.05, 4.69) is 15.6 Å². The molecule has 1 aliphatic rings. The molecule has 3 aromatic carbocycles. The van der Waals surface area contributed by atoms with Crippen molar-refractivity contribution in [1.82, 2.24) is 25.2 Å². The second kappa shape index (κ2) is 11.1. The van der Waals surface area contributed by atoms with Gasteiger partial charge in [0.1, 0.15) is 18.1 Å². The fourth-order valence-electron chi connectivity index (χ4n) is 4.60. The molecule has 1 fully saturated rings. The number of nitrogens with one attached hydrogen (secondary N) is 1. The molecule has 8 nitrogen and oxygen atoms in total. The lowest BCUT2D eigenvalue weighted by atomic mass is 10.0. The van der Waals surface area contributed by atoms with Crippen LogP contribution in [0.2, 0.25) is 0 Å². The molecule has 4 aromatic rings. The van der Waals surface area contributed by atoms with Crippen LogP contribution in [-0.4, -0.2) is 51.0 Å². The van der Waals surface area contributed by atoms with Gasteiger partial charge in [-0.15, -0.1) is 5.10 Å². The first-order chi connectivity index (χ1) is 17.7. The molecule has 36 heavy (non-hydrogen) atoms. The van der Waals surface area contributed by atoms with E-state index in [4.69, 9.17) is 4.74 Å². The van der Waals surface area contributed by atoms with E-state index in [1.807, 2.05) is 84.9 Å². The lowest BCUT2D eigenvalue weighted by Gasteiger charge is -2.33. The Morgan fingerprint density at radius 1 is 1.00 bits per heavy atom. The Bertz CT molecular complexity index is 1300. The van der Waals surface area contributed by atoms with Crippen molar-refractivity contribution >= 4 is 22.8 Å². The molecule has 2 atom stereocenters. The van der Waals surface area contributed by atoms with Crippen molar-refractivity contribution in [2.45, 2.75) is 38.1 Å². The maximum atomic E-state index is 13.8. The molecular formula is C28H29N5O3. The fourth-order valence-corrected chi connectivity index (χ4v) is 4.60. The maximum Gasteiger partial charge on any atom is 0.247 e. The predicted molar refractivity (Wildman–Crippen MR) is 136 cm³/mol. The van der Waals surface area contributed by atoms with Gasteiger partial charge in [-0.2, -0.15) is 0 Å². The lowest BCUT2D eigenvalue weighted by Crippen LogP contribution is -2.47. The van der Waals surface area contributed by atoms with Crippen molar-refractivity contribution < 1.29 is 14.3 Å². The third-order valence-electron chi connectivity index (χ3n) is 6.43. The molecule has 1 saturated heterocycles. The summed E-state index contributed by atoms with van der Waals surface area (Å²) in [6, 6.07) is 25.9. The molecule has 0 saturated carbocycles. The zero-order valence-electron chi connectivity index (χ0n) is 20.0. The van der Waals surface area contributed by atoms with E-state index in [-0.39, 0.29) is 24.5 Å². The number of benzene rings is 3. The van der Waals surface area contributed by atoms with Gasteiger partial charge >= 0.3 is 0 Å². The van der Waals surface area contributed by atoms with Crippen LogP contribution < -0.4 is 5.32 Å². The summed E-state index contributed by atoms with van der Waals surface area (Å²) in [6.07, 6.45) is 1.68. The van der Waals surface area contributed by atoms with Gasteiger partial charge in [-0.05, 0) is 36.1 Å². The molecule has 184 valence electrons. The van der Waals surface area contributed by atoms with Crippen molar-refractivity contribution in [2.75, 3.05) is 13.2 Å².